The summed E-state index contributed by atoms with van der Waals surface area (Å²) in [6.45, 7) is 7.78. The number of nitrogens with zero attached hydrogens (tertiary/aromatic N) is 1. The van der Waals surface area contributed by atoms with Crippen molar-refractivity contribution in [3.05, 3.63) is 35.9 Å². The first kappa shape index (κ1) is 22.0. The highest BCUT2D eigenvalue weighted by atomic mass is 16.6. The highest BCUT2D eigenvalue weighted by molar-refractivity contribution is 6.00. The third-order valence-electron chi connectivity index (χ3n) is 4.38. The van der Waals surface area contributed by atoms with Crippen LogP contribution in [0.2, 0.25) is 0 Å². The van der Waals surface area contributed by atoms with Crippen LogP contribution in [0.4, 0.5) is 4.79 Å². The quantitative estimate of drug-likeness (QED) is 0.398. The van der Waals surface area contributed by atoms with Gasteiger partial charge in [0.25, 0.3) is 5.78 Å². The van der Waals surface area contributed by atoms with Gasteiger partial charge in [-0.3, -0.25) is 9.69 Å². The predicted octanol–water partition coefficient (Wildman–Crippen LogP) is 4.86. The first-order valence-electron chi connectivity index (χ1n) is 10.0. The summed E-state index contributed by atoms with van der Waals surface area (Å²) in [5, 5.41) is 0. The third kappa shape index (κ3) is 6.38. The number of rotatable bonds is 6. The molecule has 0 bridgehead atoms. The van der Waals surface area contributed by atoms with E-state index in [1.54, 1.807) is 20.8 Å². The van der Waals surface area contributed by atoms with Crippen molar-refractivity contribution < 1.29 is 19.1 Å². The molecule has 1 unspecified atom stereocenters. The fourth-order valence-electron chi connectivity index (χ4n) is 3.03. The van der Waals surface area contributed by atoms with E-state index in [2.05, 4.69) is 18.8 Å². The third-order valence-corrected chi connectivity index (χ3v) is 4.38. The molecule has 0 saturated carbocycles. The summed E-state index contributed by atoms with van der Waals surface area (Å²) < 4.78 is 11.2. The number of unbranched alkanes of at least 4 members (excludes halogenated alkanes) is 4. The second-order valence-corrected chi connectivity index (χ2v) is 7.98. The van der Waals surface area contributed by atoms with Gasteiger partial charge in [-0.25, -0.2) is 4.79 Å². The van der Waals surface area contributed by atoms with Crippen LogP contribution >= 0.6 is 0 Å². The molecule has 1 aromatic carbocycles. The van der Waals surface area contributed by atoms with Crippen molar-refractivity contribution >= 4 is 11.9 Å². The molecule has 2 atom stereocenters. The zero-order valence-electron chi connectivity index (χ0n) is 17.4. The van der Waals surface area contributed by atoms with E-state index >= 15 is 0 Å². The van der Waals surface area contributed by atoms with Crippen LogP contribution in [0.1, 0.15) is 71.4 Å². The lowest BCUT2D eigenvalue weighted by Crippen LogP contribution is -2.44. The standard InChI is InChI=1S/C23H31NO4/c1-5-6-7-8-9-13-16-20(25)21-24(22(26)28-23(2,3)4)19(17-27-21)18-14-11-10-12-15-18/h10-12,14-15,19,21H,5-9,17H2,1-4H3/t19-,21?/m0/s1. The van der Waals surface area contributed by atoms with Gasteiger partial charge < -0.3 is 9.47 Å². The van der Waals surface area contributed by atoms with Gasteiger partial charge in [0.2, 0.25) is 6.23 Å². The Morgan fingerprint density at radius 3 is 2.54 bits per heavy atom. The van der Waals surface area contributed by atoms with Gasteiger partial charge in [0.15, 0.2) is 0 Å². The van der Waals surface area contributed by atoms with Crippen molar-refractivity contribution in [1.29, 1.82) is 0 Å². The number of amides is 1. The molecule has 2 rings (SSSR count). The second-order valence-electron chi connectivity index (χ2n) is 7.98. The van der Waals surface area contributed by atoms with E-state index in [4.69, 9.17) is 9.47 Å². The van der Waals surface area contributed by atoms with Crippen molar-refractivity contribution in [1.82, 2.24) is 4.90 Å². The van der Waals surface area contributed by atoms with Crippen molar-refractivity contribution in [2.24, 2.45) is 0 Å². The molecule has 1 fully saturated rings. The van der Waals surface area contributed by atoms with Crippen LogP contribution in [-0.2, 0) is 14.3 Å². The number of hydrogen-bond acceptors (Lipinski definition) is 4. The molecule has 5 nitrogen and oxygen atoms in total. The Morgan fingerprint density at radius 2 is 1.89 bits per heavy atom. The highest BCUT2D eigenvalue weighted by Crippen LogP contribution is 2.32. The molecule has 0 N–H and O–H groups in total. The van der Waals surface area contributed by atoms with Gasteiger partial charge in [0, 0.05) is 6.42 Å². The van der Waals surface area contributed by atoms with Crippen LogP contribution in [0, 0.1) is 11.8 Å². The summed E-state index contributed by atoms with van der Waals surface area (Å²) in [4.78, 5) is 26.9. The van der Waals surface area contributed by atoms with Crippen LogP contribution in [0.5, 0.6) is 0 Å². The van der Waals surface area contributed by atoms with Crippen LogP contribution < -0.4 is 0 Å². The molecule has 152 valence electrons. The normalized spacial score (nSPS) is 19.1. The lowest BCUT2D eigenvalue weighted by atomic mass is 10.1. The number of carbonyl (C=O) groups excluding carboxylic acids is 2. The lowest BCUT2D eigenvalue weighted by Gasteiger charge is -2.30. The van der Waals surface area contributed by atoms with E-state index in [1.165, 1.54) is 11.3 Å². The van der Waals surface area contributed by atoms with E-state index < -0.39 is 23.7 Å². The average Bonchev–Trinajstić information content (AvgIpc) is 3.09. The van der Waals surface area contributed by atoms with Gasteiger partial charge in [-0.15, -0.1) is 0 Å². The Labute approximate surface area is 168 Å². The van der Waals surface area contributed by atoms with Gasteiger partial charge in [0.05, 0.1) is 12.6 Å². The van der Waals surface area contributed by atoms with Gasteiger partial charge in [-0.05, 0) is 38.7 Å². The van der Waals surface area contributed by atoms with Crippen LogP contribution in [-0.4, -0.2) is 35.2 Å². The van der Waals surface area contributed by atoms with E-state index in [-0.39, 0.29) is 12.6 Å². The van der Waals surface area contributed by atoms with Crippen molar-refractivity contribution in [3.63, 3.8) is 0 Å². The van der Waals surface area contributed by atoms with E-state index in [0.29, 0.717) is 6.42 Å². The van der Waals surface area contributed by atoms with Crippen LogP contribution in [0.15, 0.2) is 30.3 Å². The topological polar surface area (TPSA) is 55.8 Å². The lowest BCUT2D eigenvalue weighted by molar-refractivity contribution is -0.128. The summed E-state index contributed by atoms with van der Waals surface area (Å²) in [5.41, 5.74) is 0.232. The maximum absolute atomic E-state index is 12.8. The minimum absolute atomic E-state index is 0.234. The Kier molecular flexibility index (Phi) is 8.07. The fourth-order valence-corrected chi connectivity index (χ4v) is 3.03. The van der Waals surface area contributed by atoms with Gasteiger partial charge in [0.1, 0.15) is 5.60 Å². The number of Topliss-reactive ketones (excluding diaryl/α,β-unsaturated/α-hetero) is 1. The molecule has 0 spiro atoms. The smallest absolute Gasteiger partial charge is 0.413 e. The summed E-state index contributed by atoms with van der Waals surface area (Å²) in [6, 6.07) is 9.15. The molecule has 1 aliphatic heterocycles. The Bertz CT molecular complexity index is 712. The zero-order valence-corrected chi connectivity index (χ0v) is 17.4. The molecule has 0 aliphatic carbocycles. The number of ether oxygens (including phenoxy) is 2. The Hall–Kier alpha value is -2.32. The molecule has 28 heavy (non-hydrogen) atoms. The molecule has 5 heteroatoms. The van der Waals surface area contributed by atoms with E-state index in [0.717, 1.165) is 24.8 Å². The molecule has 1 aliphatic rings. The Balaban J connectivity index is 2.14. The van der Waals surface area contributed by atoms with Crippen LogP contribution in [0.25, 0.3) is 0 Å². The fraction of sp³-hybridized carbons (Fsp3) is 0.565. The highest BCUT2D eigenvalue weighted by Gasteiger charge is 2.44. The van der Waals surface area contributed by atoms with Gasteiger partial charge in [-0.2, -0.15) is 0 Å². The molecule has 0 aromatic heterocycles. The SMILES string of the molecule is CCCCCCC#CC(=O)C1OC[C@@H](c2ccccc2)N1C(=O)OC(C)(C)C. The first-order chi connectivity index (χ1) is 13.3. The molecule has 1 amide bonds. The molecule has 1 aromatic rings. The summed E-state index contributed by atoms with van der Waals surface area (Å²) >= 11 is 0. The molecule has 1 heterocycles. The van der Waals surface area contributed by atoms with Crippen LogP contribution in [0.3, 0.4) is 0 Å². The molecule has 1 saturated heterocycles. The number of benzene rings is 1. The number of hydrogen-bond donors (Lipinski definition) is 0. The largest absolute Gasteiger partial charge is 0.444 e. The molecular formula is C23H31NO4. The predicted molar refractivity (Wildman–Crippen MR) is 109 cm³/mol. The second kappa shape index (κ2) is 10.3. The Morgan fingerprint density at radius 1 is 1.18 bits per heavy atom. The van der Waals surface area contributed by atoms with E-state index in [1.807, 2.05) is 30.3 Å². The van der Waals surface area contributed by atoms with E-state index in [9.17, 15) is 9.59 Å². The first-order valence-corrected chi connectivity index (χ1v) is 10.0. The minimum Gasteiger partial charge on any atom is -0.444 e. The van der Waals surface area contributed by atoms with Crippen molar-refractivity contribution in [2.75, 3.05) is 6.61 Å². The van der Waals surface area contributed by atoms with Crippen molar-refractivity contribution in [3.8, 4) is 11.8 Å². The maximum Gasteiger partial charge on any atom is 0.413 e. The number of ketones is 1. The monoisotopic (exact) mass is 385 g/mol. The summed E-state index contributed by atoms with van der Waals surface area (Å²) in [7, 11) is 0. The number of carbonyl (C=O) groups is 2. The van der Waals surface area contributed by atoms with Gasteiger partial charge in [-0.1, -0.05) is 62.4 Å². The maximum atomic E-state index is 12.8. The minimum atomic E-state index is -1.04. The molecular weight excluding hydrogens is 354 g/mol. The van der Waals surface area contributed by atoms with Crippen molar-refractivity contribution in [2.45, 2.75) is 77.7 Å². The summed E-state index contributed by atoms with van der Waals surface area (Å²) in [5.74, 6) is 5.18. The summed E-state index contributed by atoms with van der Waals surface area (Å²) in [6.07, 6.45) is 3.49. The molecule has 0 radical (unpaired) electrons. The zero-order chi connectivity index (χ0) is 20.6. The van der Waals surface area contributed by atoms with Gasteiger partial charge >= 0.3 is 6.09 Å². The average molecular weight is 386 g/mol.